The highest BCUT2D eigenvalue weighted by Crippen LogP contribution is 2.31. The molecule has 0 amide bonds. The zero-order chi connectivity index (χ0) is 14.4. The summed E-state index contributed by atoms with van der Waals surface area (Å²) in [5.41, 5.74) is 0.0328. The number of allylic oxidation sites excluding steroid dienone is 4. The van der Waals surface area contributed by atoms with Crippen molar-refractivity contribution in [3.05, 3.63) is 58.9 Å². The van der Waals surface area contributed by atoms with Crippen molar-refractivity contribution in [2.75, 3.05) is 13.1 Å². The third-order valence-corrected chi connectivity index (χ3v) is 4.65. The first-order valence-electron chi connectivity index (χ1n) is 7.14. The normalized spacial score (nSPS) is 21.8. The van der Waals surface area contributed by atoms with Gasteiger partial charge in [0.2, 0.25) is 0 Å². The van der Waals surface area contributed by atoms with Crippen molar-refractivity contribution in [1.29, 1.82) is 0 Å². The molecule has 0 atom stereocenters. The highest BCUT2D eigenvalue weighted by Gasteiger charge is 2.30. The third-order valence-electron chi connectivity index (χ3n) is 3.71. The van der Waals surface area contributed by atoms with Crippen LogP contribution in [0.2, 0.25) is 0 Å². The smallest absolute Gasteiger partial charge is 0.0915 e. The minimum absolute atomic E-state index is 0.726. The van der Waals surface area contributed by atoms with Gasteiger partial charge in [-0.3, -0.25) is 0 Å². The summed E-state index contributed by atoms with van der Waals surface area (Å²) in [6, 6.07) is 0. The van der Waals surface area contributed by atoms with Gasteiger partial charge in [-0.25, -0.2) is 0 Å². The lowest BCUT2D eigenvalue weighted by atomic mass is 9.85. The van der Waals surface area contributed by atoms with Crippen molar-refractivity contribution >= 4 is 11.8 Å². The maximum atomic E-state index is 10.5. The van der Waals surface area contributed by atoms with Gasteiger partial charge in [0.25, 0.3) is 0 Å². The van der Waals surface area contributed by atoms with Crippen LogP contribution in [-0.2, 0) is 0 Å². The van der Waals surface area contributed by atoms with Gasteiger partial charge in [0.1, 0.15) is 0 Å². The number of hydrogen-bond donors (Lipinski definition) is 2. The molecule has 1 aliphatic carbocycles. The van der Waals surface area contributed by atoms with E-state index in [9.17, 15) is 5.11 Å². The van der Waals surface area contributed by atoms with Crippen LogP contribution in [-0.4, -0.2) is 23.8 Å². The topological polar surface area (TPSA) is 32.3 Å². The Labute approximate surface area is 126 Å². The number of aliphatic hydroxyl groups is 1. The Bertz CT molecular complexity index is 467. The second kappa shape index (κ2) is 7.11. The monoisotopic (exact) mass is 289 g/mol. The quantitative estimate of drug-likeness (QED) is 0.757. The molecule has 0 bridgehead atoms. The minimum Gasteiger partial charge on any atom is -0.385 e. The molecule has 0 spiro atoms. The number of nitrogens with one attached hydrogen (secondary N) is 1. The van der Waals surface area contributed by atoms with Crippen LogP contribution in [0.25, 0.3) is 0 Å². The summed E-state index contributed by atoms with van der Waals surface area (Å²) in [4.78, 5) is 2.22. The molecule has 2 aliphatic rings. The van der Waals surface area contributed by atoms with E-state index >= 15 is 0 Å². The van der Waals surface area contributed by atoms with Crippen LogP contribution in [0.5, 0.6) is 0 Å². The SMILES string of the molecule is C=C(/C=C\C(=C)C1(O)CCNCC1)SC1=CCCC=C1. The Morgan fingerprint density at radius 1 is 1.25 bits per heavy atom. The minimum atomic E-state index is -0.753. The molecule has 0 aromatic heterocycles. The van der Waals surface area contributed by atoms with Gasteiger partial charge in [-0.2, -0.15) is 0 Å². The van der Waals surface area contributed by atoms with Crippen LogP contribution in [0.15, 0.2) is 58.9 Å². The maximum Gasteiger partial charge on any atom is 0.0915 e. The largest absolute Gasteiger partial charge is 0.385 e. The van der Waals surface area contributed by atoms with E-state index in [0.29, 0.717) is 0 Å². The van der Waals surface area contributed by atoms with Gasteiger partial charge >= 0.3 is 0 Å². The van der Waals surface area contributed by atoms with Crippen molar-refractivity contribution in [2.45, 2.75) is 31.3 Å². The molecule has 0 radical (unpaired) electrons. The first-order valence-corrected chi connectivity index (χ1v) is 7.96. The molecule has 2 rings (SSSR count). The summed E-state index contributed by atoms with van der Waals surface area (Å²) in [5, 5.41) is 13.8. The number of piperidine rings is 1. The lowest BCUT2D eigenvalue weighted by Gasteiger charge is -2.33. The van der Waals surface area contributed by atoms with Crippen LogP contribution in [0, 0.1) is 0 Å². The van der Waals surface area contributed by atoms with Crippen molar-refractivity contribution < 1.29 is 5.11 Å². The second-order valence-electron chi connectivity index (χ2n) is 5.29. The standard InChI is InChI=1S/C17H23NOS/c1-14(17(19)10-12-18-13-11-17)8-9-15(2)20-16-6-4-3-5-7-16/h4,6-9,18-19H,1-3,5,10-13H2/b9-8-. The molecule has 2 N–H and O–H groups in total. The van der Waals surface area contributed by atoms with Gasteiger partial charge in [0, 0.05) is 9.81 Å². The van der Waals surface area contributed by atoms with Gasteiger partial charge in [-0.05, 0) is 50.4 Å². The predicted octanol–water partition coefficient (Wildman–Crippen LogP) is 3.69. The maximum absolute atomic E-state index is 10.5. The molecule has 1 aliphatic heterocycles. The van der Waals surface area contributed by atoms with Crippen molar-refractivity contribution in [3.8, 4) is 0 Å². The molecule has 108 valence electrons. The average Bonchev–Trinajstić information content (AvgIpc) is 2.46. The van der Waals surface area contributed by atoms with Crippen LogP contribution in [0.4, 0.5) is 0 Å². The Hall–Kier alpha value is -1.03. The zero-order valence-corrected chi connectivity index (χ0v) is 12.7. The van der Waals surface area contributed by atoms with Gasteiger partial charge in [-0.1, -0.05) is 49.2 Å². The highest BCUT2D eigenvalue weighted by molar-refractivity contribution is 8.07. The van der Waals surface area contributed by atoms with E-state index in [1.54, 1.807) is 11.8 Å². The predicted molar refractivity (Wildman–Crippen MR) is 88.5 cm³/mol. The molecule has 0 aromatic rings. The van der Waals surface area contributed by atoms with E-state index < -0.39 is 5.60 Å². The zero-order valence-electron chi connectivity index (χ0n) is 11.9. The summed E-state index contributed by atoms with van der Waals surface area (Å²) in [7, 11) is 0. The molecule has 0 saturated carbocycles. The Morgan fingerprint density at radius 3 is 2.65 bits per heavy atom. The molecule has 1 saturated heterocycles. The number of thioether (sulfide) groups is 1. The molecule has 1 heterocycles. The molecule has 20 heavy (non-hydrogen) atoms. The van der Waals surface area contributed by atoms with Crippen LogP contribution < -0.4 is 5.32 Å². The Balaban J connectivity index is 1.88. The summed E-state index contributed by atoms with van der Waals surface area (Å²) in [6.45, 7) is 9.77. The van der Waals surface area contributed by atoms with Gasteiger partial charge < -0.3 is 10.4 Å². The van der Waals surface area contributed by atoms with Gasteiger partial charge in [-0.15, -0.1) is 0 Å². The number of rotatable bonds is 5. The van der Waals surface area contributed by atoms with Crippen LogP contribution >= 0.6 is 11.8 Å². The average molecular weight is 289 g/mol. The molecular weight excluding hydrogens is 266 g/mol. The van der Waals surface area contributed by atoms with E-state index in [4.69, 9.17) is 0 Å². The summed E-state index contributed by atoms with van der Waals surface area (Å²) in [5.74, 6) is 0. The van der Waals surface area contributed by atoms with E-state index in [1.165, 1.54) is 4.91 Å². The van der Waals surface area contributed by atoms with Gasteiger partial charge in [0.15, 0.2) is 0 Å². The molecule has 0 unspecified atom stereocenters. The molecule has 0 aromatic carbocycles. The molecule has 2 nitrogen and oxygen atoms in total. The van der Waals surface area contributed by atoms with E-state index in [1.807, 2.05) is 12.2 Å². The van der Waals surface area contributed by atoms with Crippen molar-refractivity contribution in [1.82, 2.24) is 5.32 Å². The van der Waals surface area contributed by atoms with Gasteiger partial charge in [0.05, 0.1) is 5.60 Å². The second-order valence-corrected chi connectivity index (χ2v) is 6.49. The summed E-state index contributed by atoms with van der Waals surface area (Å²) in [6.07, 6.45) is 14.1. The fourth-order valence-electron chi connectivity index (χ4n) is 2.36. The Morgan fingerprint density at radius 2 is 2.00 bits per heavy atom. The Kier molecular flexibility index (Phi) is 5.46. The third kappa shape index (κ3) is 4.23. The molecular formula is C17H23NOS. The number of hydrogen-bond acceptors (Lipinski definition) is 3. The van der Waals surface area contributed by atoms with Crippen molar-refractivity contribution in [2.24, 2.45) is 0 Å². The summed E-state index contributed by atoms with van der Waals surface area (Å²) < 4.78 is 0. The highest BCUT2D eigenvalue weighted by atomic mass is 32.2. The van der Waals surface area contributed by atoms with Crippen LogP contribution in [0.3, 0.4) is 0 Å². The first-order chi connectivity index (χ1) is 9.60. The van der Waals surface area contributed by atoms with E-state index in [-0.39, 0.29) is 0 Å². The van der Waals surface area contributed by atoms with Crippen LogP contribution in [0.1, 0.15) is 25.7 Å². The molecule has 3 heteroatoms. The lowest BCUT2D eigenvalue weighted by molar-refractivity contribution is 0.0501. The first kappa shape index (κ1) is 15.4. The summed E-state index contributed by atoms with van der Waals surface area (Å²) >= 11 is 1.67. The lowest BCUT2D eigenvalue weighted by Crippen LogP contribution is -2.42. The molecule has 1 fully saturated rings. The van der Waals surface area contributed by atoms with E-state index in [2.05, 4.69) is 36.7 Å². The fraction of sp³-hybridized carbons (Fsp3) is 0.412. The van der Waals surface area contributed by atoms with E-state index in [0.717, 1.165) is 49.3 Å². The van der Waals surface area contributed by atoms with Crippen molar-refractivity contribution in [3.63, 3.8) is 0 Å². The fourth-order valence-corrected chi connectivity index (χ4v) is 3.16.